The third-order valence-corrected chi connectivity index (χ3v) is 5.49. The SMILES string of the molecule is O=[N+]([O-])c1cccc(C2=CSC(c3cccc([N+](=O)[O-])c3)=CS2)c1. The Balaban J connectivity index is 1.81. The number of nitrogens with zero attached hydrogens (tertiary/aromatic N) is 2. The number of rotatable bonds is 4. The minimum absolute atomic E-state index is 0.0486. The molecular weight excluding hydrogens is 348 g/mol. The fourth-order valence-corrected chi connectivity index (χ4v) is 4.11. The van der Waals surface area contributed by atoms with Crippen LogP contribution in [0.15, 0.2) is 59.3 Å². The summed E-state index contributed by atoms with van der Waals surface area (Å²) in [5.41, 5.74) is 1.65. The molecule has 120 valence electrons. The Morgan fingerprint density at radius 3 is 1.46 bits per heavy atom. The molecule has 0 spiro atoms. The normalized spacial score (nSPS) is 13.8. The number of nitro benzene ring substituents is 2. The van der Waals surface area contributed by atoms with Crippen molar-refractivity contribution in [3.8, 4) is 0 Å². The zero-order valence-corrected chi connectivity index (χ0v) is 13.8. The van der Waals surface area contributed by atoms with Gasteiger partial charge >= 0.3 is 0 Å². The lowest BCUT2D eigenvalue weighted by molar-refractivity contribution is -0.385. The summed E-state index contributed by atoms with van der Waals surface area (Å²) in [5, 5.41) is 25.5. The minimum atomic E-state index is -0.422. The largest absolute Gasteiger partial charge is 0.270 e. The van der Waals surface area contributed by atoms with Crippen LogP contribution >= 0.6 is 23.5 Å². The first-order valence-corrected chi connectivity index (χ1v) is 8.54. The van der Waals surface area contributed by atoms with Crippen LogP contribution in [0.25, 0.3) is 9.81 Å². The van der Waals surface area contributed by atoms with Crippen LogP contribution < -0.4 is 0 Å². The van der Waals surface area contributed by atoms with Crippen molar-refractivity contribution in [3.63, 3.8) is 0 Å². The van der Waals surface area contributed by atoms with Crippen molar-refractivity contribution >= 4 is 44.7 Å². The molecule has 0 N–H and O–H groups in total. The molecule has 0 amide bonds. The van der Waals surface area contributed by atoms with Gasteiger partial charge in [0.1, 0.15) is 0 Å². The molecule has 6 nitrogen and oxygen atoms in total. The topological polar surface area (TPSA) is 86.3 Å². The first kappa shape index (κ1) is 16.3. The average Bonchev–Trinajstić information content (AvgIpc) is 2.62. The minimum Gasteiger partial charge on any atom is -0.258 e. The zero-order valence-electron chi connectivity index (χ0n) is 12.1. The standard InChI is InChI=1S/C16H10N2O4S2/c19-17(20)13-5-1-3-11(7-13)15-9-24-16(10-23-15)12-4-2-6-14(8-12)18(21)22/h1-10H. The van der Waals surface area contributed by atoms with E-state index in [1.807, 2.05) is 22.9 Å². The molecule has 0 fully saturated rings. The maximum atomic E-state index is 10.9. The number of hydrogen-bond acceptors (Lipinski definition) is 6. The molecule has 1 heterocycles. The summed E-state index contributed by atoms with van der Waals surface area (Å²) < 4.78 is 0. The smallest absolute Gasteiger partial charge is 0.258 e. The van der Waals surface area contributed by atoms with E-state index in [9.17, 15) is 20.2 Å². The molecule has 2 aromatic rings. The molecule has 24 heavy (non-hydrogen) atoms. The molecule has 0 unspecified atom stereocenters. The lowest BCUT2D eigenvalue weighted by atomic mass is 10.2. The van der Waals surface area contributed by atoms with Crippen LogP contribution in [0.2, 0.25) is 0 Å². The third kappa shape index (κ3) is 3.50. The predicted octanol–water partition coefficient (Wildman–Crippen LogP) is 5.28. The fourth-order valence-electron chi connectivity index (χ4n) is 2.11. The molecule has 0 atom stereocenters. The highest BCUT2D eigenvalue weighted by atomic mass is 32.2. The van der Waals surface area contributed by atoms with E-state index < -0.39 is 9.85 Å². The van der Waals surface area contributed by atoms with Gasteiger partial charge in [0.2, 0.25) is 0 Å². The van der Waals surface area contributed by atoms with E-state index in [1.165, 1.54) is 47.8 Å². The van der Waals surface area contributed by atoms with E-state index in [0.29, 0.717) is 0 Å². The van der Waals surface area contributed by atoms with Gasteiger partial charge in [-0.3, -0.25) is 20.2 Å². The molecular formula is C16H10N2O4S2. The van der Waals surface area contributed by atoms with Crippen LogP contribution in [0, 0.1) is 20.2 Å². The van der Waals surface area contributed by atoms with Gasteiger partial charge in [-0.25, -0.2) is 0 Å². The van der Waals surface area contributed by atoms with Crippen molar-refractivity contribution in [1.82, 2.24) is 0 Å². The van der Waals surface area contributed by atoms with Gasteiger partial charge < -0.3 is 0 Å². The van der Waals surface area contributed by atoms with E-state index in [-0.39, 0.29) is 11.4 Å². The molecule has 0 radical (unpaired) electrons. The van der Waals surface area contributed by atoms with Crippen molar-refractivity contribution in [2.45, 2.75) is 0 Å². The number of nitro groups is 2. The lowest BCUT2D eigenvalue weighted by Gasteiger charge is -2.13. The summed E-state index contributed by atoms with van der Waals surface area (Å²) in [6.07, 6.45) is 0. The van der Waals surface area contributed by atoms with Gasteiger partial charge in [0.05, 0.1) is 9.85 Å². The van der Waals surface area contributed by atoms with Crippen molar-refractivity contribution in [2.24, 2.45) is 0 Å². The summed E-state index contributed by atoms with van der Waals surface area (Å²) >= 11 is 2.88. The van der Waals surface area contributed by atoms with Crippen LogP contribution in [-0.2, 0) is 0 Å². The number of thioether (sulfide) groups is 2. The van der Waals surface area contributed by atoms with Gasteiger partial charge in [-0.1, -0.05) is 47.8 Å². The Labute approximate surface area is 145 Å². The Kier molecular flexibility index (Phi) is 4.68. The highest BCUT2D eigenvalue weighted by molar-refractivity contribution is 8.18. The van der Waals surface area contributed by atoms with Gasteiger partial charge in [-0.2, -0.15) is 0 Å². The molecule has 2 aromatic carbocycles. The molecule has 0 saturated heterocycles. The van der Waals surface area contributed by atoms with E-state index in [1.54, 1.807) is 12.1 Å². The van der Waals surface area contributed by atoms with Crippen LogP contribution in [-0.4, -0.2) is 9.85 Å². The Morgan fingerprint density at radius 2 is 1.12 bits per heavy atom. The Hall–Kier alpha value is -2.58. The van der Waals surface area contributed by atoms with E-state index in [4.69, 9.17) is 0 Å². The molecule has 3 rings (SSSR count). The van der Waals surface area contributed by atoms with Crippen molar-refractivity contribution in [3.05, 3.63) is 90.7 Å². The summed E-state index contributed by atoms with van der Waals surface area (Å²) in [7, 11) is 0. The highest BCUT2D eigenvalue weighted by Crippen LogP contribution is 2.44. The highest BCUT2D eigenvalue weighted by Gasteiger charge is 2.15. The molecule has 0 saturated carbocycles. The summed E-state index contributed by atoms with van der Waals surface area (Å²) in [6.45, 7) is 0. The van der Waals surface area contributed by atoms with Gasteiger partial charge in [0, 0.05) is 34.1 Å². The van der Waals surface area contributed by atoms with E-state index in [2.05, 4.69) is 0 Å². The van der Waals surface area contributed by atoms with Crippen LogP contribution in [0.3, 0.4) is 0 Å². The first-order chi connectivity index (χ1) is 11.5. The molecule has 8 heteroatoms. The van der Waals surface area contributed by atoms with Gasteiger partial charge in [-0.15, -0.1) is 0 Å². The fraction of sp³-hybridized carbons (Fsp3) is 0. The first-order valence-electron chi connectivity index (χ1n) is 6.78. The van der Waals surface area contributed by atoms with Crippen molar-refractivity contribution < 1.29 is 9.85 Å². The maximum absolute atomic E-state index is 10.9. The number of benzene rings is 2. The monoisotopic (exact) mass is 358 g/mol. The summed E-state index contributed by atoms with van der Waals surface area (Å²) in [6, 6.07) is 12.9. The Bertz CT molecular complexity index is 820. The number of non-ortho nitro benzene ring substituents is 2. The second-order valence-electron chi connectivity index (χ2n) is 4.81. The van der Waals surface area contributed by atoms with Crippen LogP contribution in [0.4, 0.5) is 11.4 Å². The van der Waals surface area contributed by atoms with E-state index in [0.717, 1.165) is 20.9 Å². The van der Waals surface area contributed by atoms with Crippen LogP contribution in [0.1, 0.15) is 11.1 Å². The van der Waals surface area contributed by atoms with Crippen LogP contribution in [0.5, 0.6) is 0 Å². The van der Waals surface area contributed by atoms with Crippen molar-refractivity contribution in [2.75, 3.05) is 0 Å². The quantitative estimate of drug-likeness (QED) is 0.546. The molecule has 0 aromatic heterocycles. The Morgan fingerprint density at radius 1 is 0.708 bits per heavy atom. The summed E-state index contributed by atoms with van der Waals surface area (Å²) in [4.78, 5) is 22.7. The van der Waals surface area contributed by atoms with Crippen molar-refractivity contribution in [1.29, 1.82) is 0 Å². The molecule has 0 aliphatic carbocycles. The second kappa shape index (κ2) is 6.90. The molecule has 1 aliphatic heterocycles. The third-order valence-electron chi connectivity index (χ3n) is 3.27. The van der Waals surface area contributed by atoms with Gasteiger partial charge in [0.15, 0.2) is 0 Å². The predicted molar refractivity (Wildman–Crippen MR) is 97.3 cm³/mol. The van der Waals surface area contributed by atoms with Gasteiger partial charge in [-0.05, 0) is 21.9 Å². The number of hydrogen-bond donors (Lipinski definition) is 0. The second-order valence-corrected chi connectivity index (χ2v) is 6.64. The summed E-state index contributed by atoms with van der Waals surface area (Å²) in [5.74, 6) is 0. The average molecular weight is 358 g/mol. The van der Waals surface area contributed by atoms with E-state index >= 15 is 0 Å². The van der Waals surface area contributed by atoms with Gasteiger partial charge in [0.25, 0.3) is 11.4 Å². The zero-order chi connectivity index (χ0) is 17.1. The molecule has 1 aliphatic rings. The molecule has 0 bridgehead atoms. The maximum Gasteiger partial charge on any atom is 0.270 e. The lowest BCUT2D eigenvalue weighted by Crippen LogP contribution is -1.91.